The van der Waals surface area contributed by atoms with E-state index in [0.29, 0.717) is 22.2 Å². The van der Waals surface area contributed by atoms with Crippen molar-refractivity contribution in [2.24, 2.45) is 0 Å². The number of imidazole rings is 1. The van der Waals surface area contributed by atoms with E-state index >= 15 is 0 Å². The average Bonchev–Trinajstić information content (AvgIpc) is 2.74. The number of carbonyl (C=O) groups excluding carboxylic acids is 1. The Hall–Kier alpha value is -1.99. The fourth-order valence-electron chi connectivity index (χ4n) is 1.98. The summed E-state index contributed by atoms with van der Waals surface area (Å²) in [7, 11) is 0. The van der Waals surface area contributed by atoms with Gasteiger partial charge >= 0.3 is 0 Å². The average molecular weight is 298 g/mol. The van der Waals surface area contributed by atoms with Gasteiger partial charge in [0.1, 0.15) is 5.82 Å². The Labute approximate surface area is 120 Å². The largest absolute Gasteiger partial charge is 0.396 e. The van der Waals surface area contributed by atoms with Crippen LogP contribution in [0.5, 0.6) is 0 Å². The van der Waals surface area contributed by atoms with Crippen molar-refractivity contribution in [3.63, 3.8) is 0 Å². The third-order valence-electron chi connectivity index (χ3n) is 2.82. The highest BCUT2D eigenvalue weighted by molar-refractivity contribution is 6.30. The molecule has 0 aliphatic carbocycles. The number of anilines is 2. The fraction of sp³-hybridized carbons (Fsp3) is 0.333. The molecule has 0 atom stereocenters. The van der Waals surface area contributed by atoms with Gasteiger partial charge in [-0.3, -0.25) is 14.4 Å². The first-order chi connectivity index (χ1) is 9.56. The van der Waals surface area contributed by atoms with Crippen molar-refractivity contribution in [3.05, 3.63) is 23.0 Å². The molecular weight excluding hydrogens is 282 g/mol. The zero-order chi connectivity index (χ0) is 14.7. The second-order valence-corrected chi connectivity index (χ2v) is 4.79. The summed E-state index contributed by atoms with van der Waals surface area (Å²) >= 11 is 6.00. The molecule has 8 heteroatoms. The van der Waals surface area contributed by atoms with Crippen LogP contribution >= 0.6 is 11.6 Å². The van der Waals surface area contributed by atoms with E-state index in [0.717, 1.165) is 18.5 Å². The lowest BCUT2D eigenvalue weighted by molar-refractivity contribution is -0.127. The molecule has 0 radical (unpaired) electrons. The van der Waals surface area contributed by atoms with Crippen molar-refractivity contribution in [1.82, 2.24) is 14.9 Å². The SMILES string of the molecule is CCCc1nc2c(N)cc(Cl)cn2c1NCC(=O)NO. The number of nitrogens with two attached hydrogens (primary N) is 1. The Morgan fingerprint density at radius 1 is 1.60 bits per heavy atom. The number of carbonyl (C=O) groups is 1. The Bertz CT molecular complexity index is 640. The van der Waals surface area contributed by atoms with Crippen LogP contribution in [0, 0.1) is 0 Å². The molecule has 0 unspecified atom stereocenters. The number of aromatic nitrogens is 2. The number of fused-ring (bicyclic) bond motifs is 1. The molecule has 5 N–H and O–H groups in total. The summed E-state index contributed by atoms with van der Waals surface area (Å²) in [5, 5.41) is 12.0. The number of halogens is 1. The minimum absolute atomic E-state index is 0.0760. The number of hydrogen-bond acceptors (Lipinski definition) is 5. The minimum atomic E-state index is -0.544. The molecule has 108 valence electrons. The van der Waals surface area contributed by atoms with Gasteiger partial charge in [-0.05, 0) is 12.5 Å². The lowest BCUT2D eigenvalue weighted by Gasteiger charge is -2.08. The molecule has 0 saturated heterocycles. The number of hydroxylamine groups is 1. The van der Waals surface area contributed by atoms with Crippen molar-refractivity contribution in [1.29, 1.82) is 0 Å². The van der Waals surface area contributed by atoms with Gasteiger partial charge in [0.2, 0.25) is 0 Å². The van der Waals surface area contributed by atoms with Gasteiger partial charge in [-0.25, -0.2) is 10.5 Å². The molecule has 0 aliphatic rings. The van der Waals surface area contributed by atoms with E-state index in [1.54, 1.807) is 22.1 Å². The van der Waals surface area contributed by atoms with Gasteiger partial charge in [0.05, 0.1) is 22.9 Å². The molecule has 7 nitrogen and oxygen atoms in total. The predicted octanol–water partition coefficient (Wildman–Crippen LogP) is 1.44. The second-order valence-electron chi connectivity index (χ2n) is 4.35. The molecule has 0 aromatic carbocycles. The molecule has 2 aromatic rings. The molecule has 2 aromatic heterocycles. The summed E-state index contributed by atoms with van der Waals surface area (Å²) in [4.78, 5) is 15.6. The summed E-state index contributed by atoms with van der Waals surface area (Å²) in [5.74, 6) is 0.108. The maximum atomic E-state index is 11.1. The minimum Gasteiger partial charge on any atom is -0.396 e. The van der Waals surface area contributed by atoms with E-state index in [1.807, 2.05) is 6.92 Å². The van der Waals surface area contributed by atoms with Crippen molar-refractivity contribution >= 4 is 34.7 Å². The number of nitrogen functional groups attached to an aromatic ring is 1. The maximum absolute atomic E-state index is 11.1. The van der Waals surface area contributed by atoms with Crippen molar-refractivity contribution < 1.29 is 10.0 Å². The smallest absolute Gasteiger partial charge is 0.262 e. The van der Waals surface area contributed by atoms with Crippen LogP contribution < -0.4 is 16.5 Å². The molecule has 0 saturated carbocycles. The standard InChI is InChI=1S/C12H16ClN5O2/c1-2-3-9-12(15-5-10(19)17-20)18-6-7(13)4-8(14)11(18)16-9/h4,6,15,20H,2-3,5,14H2,1H3,(H,17,19). The van der Waals surface area contributed by atoms with Gasteiger partial charge in [0.25, 0.3) is 5.91 Å². The van der Waals surface area contributed by atoms with Crippen molar-refractivity contribution in [3.8, 4) is 0 Å². The second kappa shape index (κ2) is 5.98. The highest BCUT2D eigenvalue weighted by Gasteiger charge is 2.14. The van der Waals surface area contributed by atoms with Gasteiger partial charge in [-0.2, -0.15) is 0 Å². The molecule has 2 rings (SSSR count). The summed E-state index contributed by atoms with van der Waals surface area (Å²) < 4.78 is 1.72. The Morgan fingerprint density at radius 3 is 3.00 bits per heavy atom. The summed E-state index contributed by atoms with van der Waals surface area (Å²) in [6.45, 7) is 1.96. The van der Waals surface area contributed by atoms with Gasteiger partial charge in [0.15, 0.2) is 5.65 Å². The number of nitrogens with zero attached hydrogens (tertiary/aromatic N) is 2. The van der Waals surface area contributed by atoms with E-state index in [2.05, 4.69) is 10.3 Å². The highest BCUT2D eigenvalue weighted by Crippen LogP contribution is 2.26. The molecule has 0 spiro atoms. The molecular formula is C12H16ClN5O2. The predicted molar refractivity (Wildman–Crippen MR) is 77.0 cm³/mol. The molecule has 20 heavy (non-hydrogen) atoms. The van der Waals surface area contributed by atoms with E-state index < -0.39 is 5.91 Å². The highest BCUT2D eigenvalue weighted by atomic mass is 35.5. The number of aryl methyl sites for hydroxylation is 1. The third-order valence-corrected chi connectivity index (χ3v) is 3.02. The lowest BCUT2D eigenvalue weighted by Crippen LogP contribution is -2.27. The number of rotatable bonds is 5. The van der Waals surface area contributed by atoms with Crippen LogP contribution in [-0.2, 0) is 11.2 Å². The van der Waals surface area contributed by atoms with Gasteiger partial charge in [0, 0.05) is 6.20 Å². The van der Waals surface area contributed by atoms with Crippen LogP contribution in [0.2, 0.25) is 5.02 Å². The van der Waals surface area contributed by atoms with Crippen LogP contribution in [0.15, 0.2) is 12.3 Å². The van der Waals surface area contributed by atoms with E-state index in [9.17, 15) is 4.79 Å². The first kappa shape index (κ1) is 14.4. The summed E-state index contributed by atoms with van der Waals surface area (Å²) in [6.07, 6.45) is 3.32. The van der Waals surface area contributed by atoms with Crippen molar-refractivity contribution in [2.75, 3.05) is 17.6 Å². The van der Waals surface area contributed by atoms with E-state index in [-0.39, 0.29) is 6.54 Å². The first-order valence-corrected chi connectivity index (χ1v) is 6.57. The van der Waals surface area contributed by atoms with Crippen LogP contribution in [0.4, 0.5) is 11.5 Å². The summed E-state index contributed by atoms with van der Waals surface area (Å²) in [6, 6.07) is 1.63. The maximum Gasteiger partial charge on any atom is 0.262 e. The molecule has 0 aliphatic heterocycles. The third kappa shape index (κ3) is 2.78. The van der Waals surface area contributed by atoms with Gasteiger partial charge in [-0.1, -0.05) is 24.9 Å². The number of amides is 1. The fourth-order valence-corrected chi connectivity index (χ4v) is 2.20. The molecule has 1 amide bonds. The monoisotopic (exact) mass is 297 g/mol. The summed E-state index contributed by atoms with van der Waals surface area (Å²) in [5.41, 5.74) is 9.32. The van der Waals surface area contributed by atoms with Crippen LogP contribution in [0.1, 0.15) is 19.0 Å². The van der Waals surface area contributed by atoms with Gasteiger partial charge < -0.3 is 11.1 Å². The molecule has 2 heterocycles. The first-order valence-electron chi connectivity index (χ1n) is 6.19. The topological polar surface area (TPSA) is 105 Å². The molecule has 0 bridgehead atoms. The normalized spacial score (nSPS) is 10.8. The Kier molecular flexibility index (Phi) is 4.31. The zero-order valence-corrected chi connectivity index (χ0v) is 11.7. The zero-order valence-electron chi connectivity index (χ0n) is 11.0. The van der Waals surface area contributed by atoms with Gasteiger partial charge in [-0.15, -0.1) is 0 Å². The Balaban J connectivity index is 2.47. The van der Waals surface area contributed by atoms with Crippen molar-refractivity contribution in [2.45, 2.75) is 19.8 Å². The van der Waals surface area contributed by atoms with Crippen LogP contribution in [-0.4, -0.2) is 27.0 Å². The van der Waals surface area contributed by atoms with E-state index in [4.69, 9.17) is 22.5 Å². The van der Waals surface area contributed by atoms with Crippen LogP contribution in [0.3, 0.4) is 0 Å². The van der Waals surface area contributed by atoms with Crippen LogP contribution in [0.25, 0.3) is 5.65 Å². The number of hydrogen-bond donors (Lipinski definition) is 4. The molecule has 0 fully saturated rings. The number of pyridine rings is 1. The lowest BCUT2D eigenvalue weighted by atomic mass is 10.2. The Morgan fingerprint density at radius 2 is 2.35 bits per heavy atom. The number of nitrogens with one attached hydrogen (secondary N) is 2. The van der Waals surface area contributed by atoms with E-state index in [1.165, 1.54) is 0 Å². The quantitative estimate of drug-likeness (QED) is 0.494.